The Morgan fingerprint density at radius 3 is 2.90 bits per heavy atom. The van der Waals surface area contributed by atoms with Crippen molar-refractivity contribution < 1.29 is 13.2 Å². The van der Waals surface area contributed by atoms with Gasteiger partial charge in [0.05, 0.1) is 30.9 Å². The van der Waals surface area contributed by atoms with Gasteiger partial charge in [-0.1, -0.05) is 0 Å². The van der Waals surface area contributed by atoms with E-state index in [1.807, 2.05) is 0 Å². The summed E-state index contributed by atoms with van der Waals surface area (Å²) in [6, 6.07) is -0.839. The van der Waals surface area contributed by atoms with Crippen LogP contribution < -0.4 is 10.3 Å². The van der Waals surface area contributed by atoms with E-state index >= 15 is 0 Å². The molecule has 8 nitrogen and oxygen atoms in total. The van der Waals surface area contributed by atoms with Crippen molar-refractivity contribution in [2.45, 2.75) is 25.9 Å². The summed E-state index contributed by atoms with van der Waals surface area (Å²) in [5.41, 5.74) is 0.949. The Labute approximate surface area is 116 Å². The number of aromatic nitrogens is 2. The second-order valence-electron chi connectivity index (χ2n) is 4.78. The fourth-order valence-corrected chi connectivity index (χ4v) is 2.94. The van der Waals surface area contributed by atoms with Crippen LogP contribution in [-0.4, -0.2) is 48.0 Å². The average molecular weight is 300 g/mol. The molecule has 0 aliphatic carbocycles. The second-order valence-corrected chi connectivity index (χ2v) is 6.56. The van der Waals surface area contributed by atoms with Gasteiger partial charge in [-0.15, -0.1) is 0 Å². The van der Waals surface area contributed by atoms with Crippen molar-refractivity contribution in [1.82, 2.24) is 19.6 Å². The molecular formula is C11H16N4O4S. The normalized spacial score (nSPS) is 16.6. The van der Waals surface area contributed by atoms with Crippen LogP contribution in [0, 0.1) is 0 Å². The first kappa shape index (κ1) is 14.7. The number of nitrogens with one attached hydrogen (secondary N) is 2. The molecule has 0 bridgehead atoms. The molecule has 2 heterocycles. The summed E-state index contributed by atoms with van der Waals surface area (Å²) in [4.78, 5) is 31.8. The minimum absolute atomic E-state index is 0.190. The average Bonchev–Trinajstić information content (AvgIpc) is 2.35. The molecule has 0 radical (unpaired) electrons. The highest BCUT2D eigenvalue weighted by molar-refractivity contribution is 7.88. The van der Waals surface area contributed by atoms with Gasteiger partial charge in [-0.05, 0) is 13.3 Å². The summed E-state index contributed by atoms with van der Waals surface area (Å²) in [6.45, 7) is 2.08. The van der Waals surface area contributed by atoms with Gasteiger partial charge in [-0.25, -0.2) is 18.1 Å². The Kier molecular flexibility index (Phi) is 3.91. The zero-order valence-corrected chi connectivity index (χ0v) is 12.0. The van der Waals surface area contributed by atoms with Crippen molar-refractivity contribution in [3.05, 3.63) is 27.9 Å². The van der Waals surface area contributed by atoms with Crippen LogP contribution in [0.25, 0.3) is 0 Å². The number of hydrogen-bond donors (Lipinski definition) is 2. The number of aromatic amines is 1. The molecule has 1 unspecified atom stereocenters. The molecule has 1 aliphatic heterocycles. The monoisotopic (exact) mass is 300 g/mol. The lowest BCUT2D eigenvalue weighted by Crippen LogP contribution is -2.48. The smallest absolute Gasteiger partial charge is 0.254 e. The van der Waals surface area contributed by atoms with Gasteiger partial charge < -0.3 is 9.88 Å². The molecule has 1 aliphatic rings. The number of carbonyl (C=O) groups excluding carboxylic acids is 1. The van der Waals surface area contributed by atoms with Gasteiger partial charge in [-0.3, -0.25) is 9.59 Å². The van der Waals surface area contributed by atoms with E-state index in [0.29, 0.717) is 24.2 Å². The topological polar surface area (TPSA) is 112 Å². The zero-order valence-electron chi connectivity index (χ0n) is 11.2. The molecule has 1 atom stereocenters. The Morgan fingerprint density at radius 2 is 2.25 bits per heavy atom. The molecular weight excluding hydrogens is 284 g/mol. The Bertz CT molecular complexity index is 682. The van der Waals surface area contributed by atoms with Crippen molar-refractivity contribution in [3.8, 4) is 0 Å². The molecule has 0 fully saturated rings. The number of H-pyrrole nitrogens is 1. The lowest BCUT2D eigenvalue weighted by molar-refractivity contribution is -0.133. The molecule has 1 aromatic heterocycles. The van der Waals surface area contributed by atoms with Gasteiger partial charge in [0.25, 0.3) is 5.56 Å². The van der Waals surface area contributed by atoms with Crippen molar-refractivity contribution >= 4 is 15.9 Å². The highest BCUT2D eigenvalue weighted by Crippen LogP contribution is 2.13. The predicted octanol–water partition coefficient (Wildman–Crippen LogP) is -1.41. The van der Waals surface area contributed by atoms with Gasteiger partial charge in [-0.2, -0.15) is 0 Å². The number of amides is 1. The lowest BCUT2D eigenvalue weighted by atomic mass is 10.1. The van der Waals surface area contributed by atoms with E-state index in [9.17, 15) is 18.0 Å². The molecule has 1 aromatic rings. The van der Waals surface area contributed by atoms with Gasteiger partial charge in [0.2, 0.25) is 15.9 Å². The molecule has 2 N–H and O–H groups in total. The van der Waals surface area contributed by atoms with Crippen LogP contribution in [0.2, 0.25) is 0 Å². The minimum Gasteiger partial charge on any atom is -0.335 e. The van der Waals surface area contributed by atoms with Crippen LogP contribution >= 0.6 is 0 Å². The first-order valence-corrected chi connectivity index (χ1v) is 7.98. The van der Waals surface area contributed by atoms with Crippen LogP contribution in [0.3, 0.4) is 0 Å². The predicted molar refractivity (Wildman–Crippen MR) is 71.4 cm³/mol. The molecule has 20 heavy (non-hydrogen) atoms. The number of nitrogens with zero attached hydrogens (tertiary/aromatic N) is 2. The van der Waals surface area contributed by atoms with E-state index in [1.165, 1.54) is 18.2 Å². The maximum atomic E-state index is 12.2. The molecule has 9 heteroatoms. The van der Waals surface area contributed by atoms with E-state index in [-0.39, 0.29) is 18.0 Å². The summed E-state index contributed by atoms with van der Waals surface area (Å²) < 4.78 is 24.5. The van der Waals surface area contributed by atoms with Gasteiger partial charge in [0.15, 0.2) is 0 Å². The van der Waals surface area contributed by atoms with E-state index in [2.05, 4.69) is 14.7 Å². The number of carbonyl (C=O) groups is 1. The maximum Gasteiger partial charge on any atom is 0.254 e. The third-order valence-corrected chi connectivity index (χ3v) is 3.87. The van der Waals surface area contributed by atoms with E-state index in [4.69, 9.17) is 0 Å². The molecule has 2 rings (SSSR count). The summed E-state index contributed by atoms with van der Waals surface area (Å²) in [6.07, 6.45) is 2.71. The van der Waals surface area contributed by atoms with Crippen LogP contribution in [0.4, 0.5) is 0 Å². The second kappa shape index (κ2) is 5.33. The Balaban J connectivity index is 2.13. The molecule has 0 saturated carbocycles. The Morgan fingerprint density at radius 1 is 1.55 bits per heavy atom. The summed E-state index contributed by atoms with van der Waals surface area (Å²) in [7, 11) is -3.44. The zero-order chi connectivity index (χ0) is 14.9. The molecule has 0 saturated heterocycles. The number of hydrogen-bond acceptors (Lipinski definition) is 5. The molecule has 110 valence electrons. The summed E-state index contributed by atoms with van der Waals surface area (Å²) in [5, 5.41) is 0. The van der Waals surface area contributed by atoms with Gasteiger partial charge in [0, 0.05) is 12.1 Å². The first-order valence-electron chi connectivity index (χ1n) is 6.09. The quantitative estimate of drug-likeness (QED) is 0.712. The molecule has 0 spiro atoms. The number of rotatable bonds is 3. The van der Waals surface area contributed by atoms with Crippen LogP contribution in [0.1, 0.15) is 18.2 Å². The fourth-order valence-electron chi connectivity index (χ4n) is 2.20. The Hall–Kier alpha value is -1.74. The molecule has 1 amide bonds. The third-order valence-electron chi connectivity index (χ3n) is 3.08. The maximum absolute atomic E-state index is 12.2. The van der Waals surface area contributed by atoms with Gasteiger partial charge in [0.1, 0.15) is 0 Å². The van der Waals surface area contributed by atoms with E-state index < -0.39 is 16.1 Å². The van der Waals surface area contributed by atoms with Crippen molar-refractivity contribution in [2.24, 2.45) is 0 Å². The summed E-state index contributed by atoms with van der Waals surface area (Å²) >= 11 is 0. The fraction of sp³-hybridized carbons (Fsp3) is 0.545. The third kappa shape index (κ3) is 3.23. The van der Waals surface area contributed by atoms with Gasteiger partial charge >= 0.3 is 0 Å². The van der Waals surface area contributed by atoms with Crippen LogP contribution in [0.15, 0.2) is 11.1 Å². The van der Waals surface area contributed by atoms with Crippen LogP contribution in [0.5, 0.6) is 0 Å². The van der Waals surface area contributed by atoms with Crippen molar-refractivity contribution in [1.29, 1.82) is 0 Å². The SMILES string of the molecule is CC(NS(C)(=O)=O)C(=O)N1CCc2c(nc[nH]c2=O)C1. The standard InChI is InChI=1S/C11H16N4O4S/c1-7(14-20(2,18)19)11(17)15-4-3-8-9(5-15)12-6-13-10(8)16/h6-7,14H,3-5H2,1-2H3,(H,12,13,16). The lowest BCUT2D eigenvalue weighted by Gasteiger charge is -2.29. The van der Waals surface area contributed by atoms with Crippen molar-refractivity contribution in [3.63, 3.8) is 0 Å². The van der Waals surface area contributed by atoms with Crippen molar-refractivity contribution in [2.75, 3.05) is 12.8 Å². The van der Waals surface area contributed by atoms with Crippen LogP contribution in [-0.2, 0) is 27.8 Å². The first-order chi connectivity index (χ1) is 9.28. The summed E-state index contributed by atoms with van der Waals surface area (Å²) in [5.74, 6) is -0.330. The minimum atomic E-state index is -3.44. The number of sulfonamides is 1. The highest BCUT2D eigenvalue weighted by Gasteiger charge is 2.27. The largest absolute Gasteiger partial charge is 0.335 e. The number of fused-ring (bicyclic) bond motifs is 1. The highest BCUT2D eigenvalue weighted by atomic mass is 32.2. The van der Waals surface area contributed by atoms with E-state index in [1.54, 1.807) is 0 Å². The molecule has 0 aromatic carbocycles. The van der Waals surface area contributed by atoms with E-state index in [0.717, 1.165) is 6.26 Å².